The first-order valence-electron chi connectivity index (χ1n) is 6.66. The zero-order valence-electron chi connectivity index (χ0n) is 11.4. The Morgan fingerprint density at radius 1 is 1.45 bits per heavy atom. The van der Waals surface area contributed by atoms with Gasteiger partial charge in [0.25, 0.3) is 0 Å². The number of amides is 2. The van der Waals surface area contributed by atoms with Gasteiger partial charge < -0.3 is 15.7 Å². The SMILES string of the molecule is Cn1cnc(CCNC(=O)NC2(C(=O)O)CCCC2)n1. The van der Waals surface area contributed by atoms with Gasteiger partial charge in [-0.3, -0.25) is 4.68 Å². The molecule has 0 radical (unpaired) electrons. The zero-order chi connectivity index (χ0) is 14.6. The molecule has 0 unspecified atom stereocenters. The Bertz CT molecular complexity index is 493. The molecule has 1 fully saturated rings. The van der Waals surface area contributed by atoms with Crippen LogP contribution >= 0.6 is 0 Å². The van der Waals surface area contributed by atoms with Gasteiger partial charge in [-0.25, -0.2) is 14.6 Å². The second-order valence-corrected chi connectivity index (χ2v) is 5.06. The summed E-state index contributed by atoms with van der Waals surface area (Å²) in [6, 6.07) is -0.453. The lowest BCUT2D eigenvalue weighted by Gasteiger charge is -2.25. The predicted octanol–water partition coefficient (Wildman–Crippen LogP) is 0.0542. The van der Waals surface area contributed by atoms with Crippen LogP contribution in [0.1, 0.15) is 31.5 Å². The number of carbonyl (C=O) groups excluding carboxylic acids is 1. The maximum Gasteiger partial charge on any atom is 0.329 e. The van der Waals surface area contributed by atoms with Gasteiger partial charge in [0.2, 0.25) is 0 Å². The summed E-state index contributed by atoms with van der Waals surface area (Å²) in [6.07, 6.45) is 4.71. The Hall–Kier alpha value is -2.12. The van der Waals surface area contributed by atoms with E-state index in [1.165, 1.54) is 0 Å². The van der Waals surface area contributed by atoms with Gasteiger partial charge in [-0.05, 0) is 12.8 Å². The molecule has 20 heavy (non-hydrogen) atoms. The van der Waals surface area contributed by atoms with Gasteiger partial charge in [0.1, 0.15) is 11.9 Å². The highest BCUT2D eigenvalue weighted by molar-refractivity contribution is 5.86. The van der Waals surface area contributed by atoms with Gasteiger partial charge in [-0.1, -0.05) is 12.8 Å². The molecular weight excluding hydrogens is 262 g/mol. The van der Waals surface area contributed by atoms with Gasteiger partial charge in [0, 0.05) is 20.0 Å². The number of nitrogens with zero attached hydrogens (tertiary/aromatic N) is 3. The fourth-order valence-electron chi connectivity index (χ4n) is 2.42. The minimum absolute atomic E-state index is 0.367. The number of carbonyl (C=O) groups is 2. The van der Waals surface area contributed by atoms with Gasteiger partial charge in [-0.2, -0.15) is 5.10 Å². The summed E-state index contributed by atoms with van der Waals surface area (Å²) in [5.41, 5.74) is -1.10. The molecule has 0 spiro atoms. The molecule has 2 rings (SSSR count). The van der Waals surface area contributed by atoms with Crippen molar-refractivity contribution in [1.29, 1.82) is 0 Å². The standard InChI is InChI=1S/C12H19N5O3/c1-17-8-14-9(16-17)4-7-13-11(20)15-12(10(18)19)5-2-3-6-12/h8H,2-7H2,1H3,(H,18,19)(H2,13,15,20). The molecule has 1 heterocycles. The van der Waals surface area contributed by atoms with Crippen molar-refractivity contribution in [3.8, 4) is 0 Å². The lowest BCUT2D eigenvalue weighted by atomic mass is 9.98. The molecule has 8 heteroatoms. The van der Waals surface area contributed by atoms with Crippen molar-refractivity contribution in [3.63, 3.8) is 0 Å². The molecule has 1 aromatic heterocycles. The number of aliphatic carboxylic acids is 1. The summed E-state index contributed by atoms with van der Waals surface area (Å²) in [5, 5.41) is 18.6. The number of nitrogens with one attached hydrogen (secondary N) is 2. The van der Waals surface area contributed by atoms with Crippen LogP contribution in [0.25, 0.3) is 0 Å². The van der Waals surface area contributed by atoms with E-state index >= 15 is 0 Å². The molecular formula is C12H19N5O3. The van der Waals surface area contributed by atoms with Crippen molar-refractivity contribution < 1.29 is 14.7 Å². The van der Waals surface area contributed by atoms with Crippen LogP contribution in [0, 0.1) is 0 Å². The third-order valence-corrected chi connectivity index (χ3v) is 3.50. The van der Waals surface area contributed by atoms with E-state index in [2.05, 4.69) is 20.7 Å². The van der Waals surface area contributed by atoms with E-state index in [0.29, 0.717) is 31.6 Å². The van der Waals surface area contributed by atoms with Crippen LogP contribution in [0.15, 0.2) is 6.33 Å². The fraction of sp³-hybridized carbons (Fsp3) is 0.667. The summed E-state index contributed by atoms with van der Waals surface area (Å²) >= 11 is 0. The molecule has 1 saturated carbocycles. The molecule has 0 bridgehead atoms. The third-order valence-electron chi connectivity index (χ3n) is 3.50. The van der Waals surface area contributed by atoms with Crippen LogP contribution in [0.3, 0.4) is 0 Å². The van der Waals surface area contributed by atoms with Crippen LogP contribution in [-0.2, 0) is 18.3 Å². The van der Waals surface area contributed by atoms with Gasteiger partial charge in [0.15, 0.2) is 5.82 Å². The maximum atomic E-state index is 11.8. The molecule has 3 N–H and O–H groups in total. The molecule has 2 amide bonds. The van der Waals surface area contributed by atoms with E-state index in [-0.39, 0.29) is 0 Å². The van der Waals surface area contributed by atoms with E-state index in [9.17, 15) is 14.7 Å². The van der Waals surface area contributed by atoms with Crippen molar-refractivity contribution >= 4 is 12.0 Å². The van der Waals surface area contributed by atoms with E-state index in [0.717, 1.165) is 12.8 Å². The molecule has 0 atom stereocenters. The van der Waals surface area contributed by atoms with E-state index in [1.54, 1.807) is 18.1 Å². The number of hydrogen-bond acceptors (Lipinski definition) is 4. The first-order valence-corrected chi connectivity index (χ1v) is 6.66. The largest absolute Gasteiger partial charge is 0.480 e. The second kappa shape index (κ2) is 5.89. The topological polar surface area (TPSA) is 109 Å². The minimum atomic E-state index is -1.10. The molecule has 1 aromatic rings. The van der Waals surface area contributed by atoms with Gasteiger partial charge >= 0.3 is 12.0 Å². The smallest absolute Gasteiger partial charge is 0.329 e. The fourth-order valence-corrected chi connectivity index (χ4v) is 2.42. The average Bonchev–Trinajstić information content (AvgIpc) is 2.99. The molecule has 0 saturated heterocycles. The van der Waals surface area contributed by atoms with Crippen LogP contribution in [-0.4, -0.2) is 44.0 Å². The Balaban J connectivity index is 1.78. The third kappa shape index (κ3) is 3.25. The van der Waals surface area contributed by atoms with Crippen LogP contribution in [0.5, 0.6) is 0 Å². The zero-order valence-corrected chi connectivity index (χ0v) is 11.4. The quantitative estimate of drug-likeness (QED) is 0.706. The van der Waals surface area contributed by atoms with Crippen LogP contribution < -0.4 is 10.6 Å². The summed E-state index contributed by atoms with van der Waals surface area (Å²) < 4.78 is 1.59. The normalized spacial score (nSPS) is 16.9. The van der Waals surface area contributed by atoms with E-state index in [1.807, 2.05) is 0 Å². The number of urea groups is 1. The molecule has 1 aliphatic carbocycles. The van der Waals surface area contributed by atoms with Gasteiger partial charge in [-0.15, -0.1) is 0 Å². The Kier molecular flexibility index (Phi) is 4.21. The molecule has 0 aromatic carbocycles. The number of carboxylic acid groups (broad SMARTS) is 1. The molecule has 8 nitrogen and oxygen atoms in total. The monoisotopic (exact) mass is 281 g/mol. The van der Waals surface area contributed by atoms with Crippen molar-refractivity contribution in [1.82, 2.24) is 25.4 Å². The molecule has 1 aliphatic rings. The lowest BCUT2D eigenvalue weighted by molar-refractivity contribution is -0.144. The highest BCUT2D eigenvalue weighted by Gasteiger charge is 2.42. The lowest BCUT2D eigenvalue weighted by Crippen LogP contribution is -2.55. The van der Waals surface area contributed by atoms with Crippen molar-refractivity contribution in [2.24, 2.45) is 7.05 Å². The van der Waals surface area contributed by atoms with E-state index in [4.69, 9.17) is 0 Å². The van der Waals surface area contributed by atoms with Crippen molar-refractivity contribution in [2.45, 2.75) is 37.6 Å². The Morgan fingerprint density at radius 2 is 2.15 bits per heavy atom. The first-order chi connectivity index (χ1) is 9.52. The van der Waals surface area contributed by atoms with Gasteiger partial charge in [0.05, 0.1) is 0 Å². The van der Waals surface area contributed by atoms with Crippen molar-refractivity contribution in [3.05, 3.63) is 12.2 Å². The van der Waals surface area contributed by atoms with E-state index < -0.39 is 17.5 Å². The summed E-state index contributed by atoms with van der Waals surface area (Å²) in [7, 11) is 1.77. The highest BCUT2D eigenvalue weighted by Crippen LogP contribution is 2.29. The first kappa shape index (κ1) is 14.3. The van der Waals surface area contributed by atoms with Crippen LogP contribution in [0.4, 0.5) is 4.79 Å². The van der Waals surface area contributed by atoms with Crippen LogP contribution in [0.2, 0.25) is 0 Å². The summed E-state index contributed by atoms with van der Waals surface area (Å²) in [5.74, 6) is -0.321. The second-order valence-electron chi connectivity index (χ2n) is 5.06. The number of carboxylic acids is 1. The minimum Gasteiger partial charge on any atom is -0.480 e. The predicted molar refractivity (Wildman–Crippen MR) is 70.1 cm³/mol. The summed E-state index contributed by atoms with van der Waals surface area (Å²) in [6.45, 7) is 0.367. The molecule has 0 aliphatic heterocycles. The Morgan fingerprint density at radius 3 is 2.70 bits per heavy atom. The van der Waals surface area contributed by atoms with Crippen molar-refractivity contribution in [2.75, 3.05) is 6.54 Å². The number of aryl methyl sites for hydroxylation is 1. The average molecular weight is 281 g/mol. The summed E-state index contributed by atoms with van der Waals surface area (Å²) in [4.78, 5) is 27.1. The number of hydrogen-bond donors (Lipinski definition) is 3. The maximum absolute atomic E-state index is 11.8. The number of rotatable bonds is 5. The molecule has 110 valence electrons. The number of aromatic nitrogens is 3. The highest BCUT2D eigenvalue weighted by atomic mass is 16.4. The Labute approximate surface area is 116 Å².